The van der Waals surface area contributed by atoms with Crippen molar-refractivity contribution in [3.63, 3.8) is 0 Å². The SMILES string of the molecule is CN(c1ccccc1C#N)c1ncc(C(=O)O)cc1Cl. The number of carboxylic acid groups (broad SMARTS) is 1. The maximum Gasteiger partial charge on any atom is 0.337 e. The minimum absolute atomic E-state index is 0.0146. The molecule has 1 N–H and O–H groups in total. The summed E-state index contributed by atoms with van der Waals surface area (Å²) in [4.78, 5) is 16.5. The summed E-state index contributed by atoms with van der Waals surface area (Å²) in [6, 6.07) is 10.4. The lowest BCUT2D eigenvalue weighted by Crippen LogP contribution is -2.13. The minimum Gasteiger partial charge on any atom is -0.478 e. The van der Waals surface area contributed by atoms with E-state index in [4.69, 9.17) is 22.0 Å². The first-order valence-electron chi connectivity index (χ1n) is 5.66. The minimum atomic E-state index is -1.09. The Bertz CT molecular complexity index is 710. The number of hydrogen-bond acceptors (Lipinski definition) is 4. The van der Waals surface area contributed by atoms with Crippen molar-refractivity contribution >= 4 is 29.1 Å². The number of carbonyl (C=O) groups is 1. The third-order valence-corrected chi connectivity index (χ3v) is 3.05. The van der Waals surface area contributed by atoms with Gasteiger partial charge in [0.15, 0.2) is 5.82 Å². The van der Waals surface area contributed by atoms with Crippen molar-refractivity contribution in [3.8, 4) is 6.07 Å². The molecular weight excluding hydrogens is 278 g/mol. The average Bonchev–Trinajstić information content (AvgIpc) is 2.46. The van der Waals surface area contributed by atoms with Gasteiger partial charge in [0.25, 0.3) is 0 Å². The highest BCUT2D eigenvalue weighted by Gasteiger charge is 2.15. The van der Waals surface area contributed by atoms with Crippen molar-refractivity contribution in [2.75, 3.05) is 11.9 Å². The van der Waals surface area contributed by atoms with Gasteiger partial charge in [-0.05, 0) is 18.2 Å². The van der Waals surface area contributed by atoms with E-state index in [1.54, 1.807) is 36.2 Å². The van der Waals surface area contributed by atoms with Crippen LogP contribution in [0.5, 0.6) is 0 Å². The molecule has 2 aromatic rings. The van der Waals surface area contributed by atoms with Crippen molar-refractivity contribution in [3.05, 3.63) is 52.7 Å². The van der Waals surface area contributed by atoms with E-state index in [1.807, 2.05) is 0 Å². The fourth-order valence-corrected chi connectivity index (χ4v) is 2.06. The molecule has 0 unspecified atom stereocenters. The average molecular weight is 288 g/mol. The smallest absolute Gasteiger partial charge is 0.337 e. The van der Waals surface area contributed by atoms with Gasteiger partial charge in [0.2, 0.25) is 0 Å². The fraction of sp³-hybridized carbons (Fsp3) is 0.0714. The third kappa shape index (κ3) is 2.56. The van der Waals surface area contributed by atoms with Gasteiger partial charge >= 0.3 is 5.97 Å². The number of aromatic carboxylic acids is 1. The Labute approximate surface area is 120 Å². The number of anilines is 2. The Hall–Kier alpha value is -2.58. The van der Waals surface area contributed by atoms with Crippen LogP contribution in [-0.2, 0) is 0 Å². The zero-order chi connectivity index (χ0) is 14.7. The van der Waals surface area contributed by atoms with E-state index in [1.165, 1.54) is 12.3 Å². The Morgan fingerprint density at radius 2 is 2.15 bits per heavy atom. The second kappa shape index (κ2) is 5.59. The molecule has 1 aromatic carbocycles. The fourth-order valence-electron chi connectivity index (χ4n) is 1.77. The van der Waals surface area contributed by atoms with Crippen LogP contribution >= 0.6 is 11.6 Å². The number of halogens is 1. The van der Waals surface area contributed by atoms with E-state index in [9.17, 15) is 4.79 Å². The van der Waals surface area contributed by atoms with Crippen molar-refractivity contribution in [1.29, 1.82) is 5.26 Å². The Morgan fingerprint density at radius 3 is 2.75 bits per heavy atom. The number of rotatable bonds is 3. The van der Waals surface area contributed by atoms with Gasteiger partial charge < -0.3 is 10.0 Å². The number of benzene rings is 1. The molecule has 2 rings (SSSR count). The molecule has 0 saturated heterocycles. The van der Waals surface area contributed by atoms with Gasteiger partial charge in [-0.1, -0.05) is 23.7 Å². The lowest BCUT2D eigenvalue weighted by atomic mass is 10.2. The van der Waals surface area contributed by atoms with Crippen LogP contribution in [0, 0.1) is 11.3 Å². The molecule has 0 atom stereocenters. The van der Waals surface area contributed by atoms with Crippen LogP contribution in [0.2, 0.25) is 5.02 Å². The lowest BCUT2D eigenvalue weighted by Gasteiger charge is -2.20. The summed E-state index contributed by atoms with van der Waals surface area (Å²) in [5.41, 5.74) is 1.14. The molecule has 0 aliphatic rings. The van der Waals surface area contributed by atoms with Crippen LogP contribution in [0.25, 0.3) is 0 Å². The first kappa shape index (κ1) is 13.8. The quantitative estimate of drug-likeness (QED) is 0.938. The van der Waals surface area contributed by atoms with Gasteiger partial charge in [-0.15, -0.1) is 0 Å². The van der Waals surface area contributed by atoms with Gasteiger partial charge in [-0.3, -0.25) is 0 Å². The maximum atomic E-state index is 10.8. The van der Waals surface area contributed by atoms with E-state index in [0.717, 1.165) is 0 Å². The number of pyridine rings is 1. The van der Waals surface area contributed by atoms with Gasteiger partial charge in [-0.2, -0.15) is 5.26 Å². The van der Waals surface area contributed by atoms with E-state index in [-0.39, 0.29) is 10.6 Å². The predicted molar refractivity (Wildman–Crippen MR) is 75.4 cm³/mol. The number of nitriles is 1. The zero-order valence-corrected chi connectivity index (χ0v) is 11.3. The van der Waals surface area contributed by atoms with Crippen LogP contribution in [-0.4, -0.2) is 23.1 Å². The molecule has 0 aliphatic heterocycles. The van der Waals surface area contributed by atoms with Crippen molar-refractivity contribution in [2.45, 2.75) is 0 Å². The molecule has 1 aromatic heterocycles. The number of hydrogen-bond donors (Lipinski definition) is 1. The molecule has 100 valence electrons. The van der Waals surface area contributed by atoms with E-state index in [2.05, 4.69) is 11.1 Å². The summed E-state index contributed by atoms with van der Waals surface area (Å²) in [7, 11) is 1.71. The molecule has 0 bridgehead atoms. The monoisotopic (exact) mass is 287 g/mol. The summed E-state index contributed by atoms with van der Waals surface area (Å²) in [5, 5.41) is 18.2. The van der Waals surface area contributed by atoms with E-state index < -0.39 is 5.97 Å². The summed E-state index contributed by atoms with van der Waals surface area (Å²) >= 11 is 6.06. The van der Waals surface area contributed by atoms with Crippen LogP contribution in [0.1, 0.15) is 15.9 Å². The van der Waals surface area contributed by atoms with Gasteiger partial charge in [-0.25, -0.2) is 9.78 Å². The maximum absolute atomic E-state index is 10.8. The molecule has 0 aliphatic carbocycles. The van der Waals surface area contributed by atoms with Crippen LogP contribution in [0.4, 0.5) is 11.5 Å². The third-order valence-electron chi connectivity index (χ3n) is 2.77. The topological polar surface area (TPSA) is 77.2 Å². The first-order chi connectivity index (χ1) is 9.54. The van der Waals surface area contributed by atoms with Gasteiger partial charge in [0.1, 0.15) is 6.07 Å². The molecule has 0 radical (unpaired) electrons. The Kier molecular flexibility index (Phi) is 3.87. The first-order valence-corrected chi connectivity index (χ1v) is 6.04. The number of carboxylic acids is 1. The second-order valence-electron chi connectivity index (χ2n) is 4.02. The largest absolute Gasteiger partial charge is 0.478 e. The highest BCUT2D eigenvalue weighted by Crippen LogP contribution is 2.30. The molecule has 6 heteroatoms. The molecule has 1 heterocycles. The number of para-hydroxylation sites is 1. The normalized spacial score (nSPS) is 9.85. The lowest BCUT2D eigenvalue weighted by molar-refractivity contribution is 0.0696. The Balaban J connectivity index is 2.46. The number of aromatic nitrogens is 1. The molecule has 0 spiro atoms. The summed E-state index contributed by atoms with van der Waals surface area (Å²) in [6.45, 7) is 0. The highest BCUT2D eigenvalue weighted by molar-refractivity contribution is 6.33. The molecule has 0 fully saturated rings. The molecule has 0 saturated carbocycles. The van der Waals surface area contributed by atoms with Crippen molar-refractivity contribution in [1.82, 2.24) is 4.98 Å². The highest BCUT2D eigenvalue weighted by atomic mass is 35.5. The van der Waals surface area contributed by atoms with E-state index >= 15 is 0 Å². The molecule has 0 amide bonds. The zero-order valence-electron chi connectivity index (χ0n) is 10.5. The van der Waals surface area contributed by atoms with Crippen LogP contribution in [0.15, 0.2) is 36.5 Å². The predicted octanol–water partition coefficient (Wildman–Crippen LogP) is 3.07. The van der Waals surface area contributed by atoms with Crippen LogP contribution < -0.4 is 4.90 Å². The summed E-state index contributed by atoms with van der Waals surface area (Å²) in [5.74, 6) is -0.703. The summed E-state index contributed by atoms with van der Waals surface area (Å²) in [6.07, 6.45) is 1.23. The van der Waals surface area contributed by atoms with Crippen molar-refractivity contribution in [2.24, 2.45) is 0 Å². The Morgan fingerprint density at radius 1 is 1.45 bits per heavy atom. The van der Waals surface area contributed by atoms with Gasteiger partial charge in [0.05, 0.1) is 21.8 Å². The summed E-state index contributed by atoms with van der Waals surface area (Å²) < 4.78 is 0. The van der Waals surface area contributed by atoms with Crippen molar-refractivity contribution < 1.29 is 9.90 Å². The molecular formula is C14H10ClN3O2. The van der Waals surface area contributed by atoms with Gasteiger partial charge in [0, 0.05) is 13.2 Å². The standard InChI is InChI=1S/C14H10ClN3O2/c1-18(12-5-3-2-4-9(12)7-16)13-11(15)6-10(8-17-13)14(19)20/h2-6,8H,1H3,(H,19,20). The second-order valence-corrected chi connectivity index (χ2v) is 4.43. The van der Waals surface area contributed by atoms with E-state index in [0.29, 0.717) is 17.1 Å². The molecule has 5 nitrogen and oxygen atoms in total. The molecule has 20 heavy (non-hydrogen) atoms. The van der Waals surface area contributed by atoms with Crippen LogP contribution in [0.3, 0.4) is 0 Å². The number of nitrogens with zero attached hydrogens (tertiary/aromatic N) is 3.